The van der Waals surface area contributed by atoms with Crippen LogP contribution in [-0.2, 0) is 6.54 Å². The van der Waals surface area contributed by atoms with Gasteiger partial charge in [0.2, 0.25) is 0 Å². The highest BCUT2D eigenvalue weighted by atomic mass is 16.5. The molecule has 0 bridgehead atoms. The molecule has 0 spiro atoms. The van der Waals surface area contributed by atoms with E-state index >= 15 is 0 Å². The fourth-order valence-corrected chi connectivity index (χ4v) is 2.96. The fraction of sp³-hybridized carbons (Fsp3) is 0.350. The van der Waals surface area contributed by atoms with Crippen molar-refractivity contribution in [2.75, 3.05) is 6.61 Å². The number of benzene rings is 2. The first-order valence-corrected chi connectivity index (χ1v) is 8.38. The molecule has 2 aromatic carbocycles. The van der Waals surface area contributed by atoms with E-state index in [1.807, 2.05) is 54.0 Å². The molecule has 0 aliphatic carbocycles. The first-order valence-electron chi connectivity index (χ1n) is 8.38. The van der Waals surface area contributed by atoms with E-state index in [4.69, 9.17) is 4.74 Å². The number of ether oxygens (including phenoxy) is 1. The molecular weight excluding hydrogens is 300 g/mol. The lowest BCUT2D eigenvalue weighted by molar-refractivity contribution is 0.0923. The van der Waals surface area contributed by atoms with Crippen LogP contribution in [0.3, 0.4) is 0 Å². The summed E-state index contributed by atoms with van der Waals surface area (Å²) < 4.78 is 7.92. The van der Waals surface area contributed by atoms with Gasteiger partial charge in [0.05, 0.1) is 17.6 Å². The second-order valence-corrected chi connectivity index (χ2v) is 6.42. The summed E-state index contributed by atoms with van der Waals surface area (Å²) in [7, 11) is 0. The fourth-order valence-electron chi connectivity index (χ4n) is 2.96. The van der Waals surface area contributed by atoms with Crippen molar-refractivity contribution >= 4 is 11.0 Å². The lowest BCUT2D eigenvalue weighted by atomic mass is 10.0. The summed E-state index contributed by atoms with van der Waals surface area (Å²) in [6, 6.07) is 16.0. The minimum atomic E-state index is -0.596. The maximum atomic E-state index is 10.4. The van der Waals surface area contributed by atoms with Gasteiger partial charge in [0, 0.05) is 0 Å². The van der Waals surface area contributed by atoms with Crippen molar-refractivity contribution in [3.63, 3.8) is 0 Å². The van der Waals surface area contributed by atoms with Crippen molar-refractivity contribution in [1.82, 2.24) is 9.55 Å². The SMILES string of the molecule is Cc1nc2ccccc2n1CC(O)COc1ccccc1C(C)C. The number of hydrogen-bond donors (Lipinski definition) is 1. The summed E-state index contributed by atoms with van der Waals surface area (Å²) in [5.41, 5.74) is 3.15. The third-order valence-corrected chi connectivity index (χ3v) is 4.21. The summed E-state index contributed by atoms with van der Waals surface area (Å²) in [6.07, 6.45) is -0.596. The molecule has 0 aliphatic heterocycles. The molecule has 0 radical (unpaired) electrons. The van der Waals surface area contributed by atoms with Crippen LogP contribution < -0.4 is 4.74 Å². The third-order valence-electron chi connectivity index (χ3n) is 4.21. The molecule has 1 heterocycles. The number of imidazole rings is 1. The average molecular weight is 324 g/mol. The van der Waals surface area contributed by atoms with Crippen LogP contribution in [0.4, 0.5) is 0 Å². The number of nitrogens with zero attached hydrogens (tertiary/aromatic N) is 2. The molecule has 1 atom stereocenters. The van der Waals surface area contributed by atoms with Gasteiger partial charge in [-0.3, -0.25) is 0 Å². The van der Waals surface area contributed by atoms with Crippen LogP contribution in [0.15, 0.2) is 48.5 Å². The zero-order chi connectivity index (χ0) is 17.1. The van der Waals surface area contributed by atoms with Gasteiger partial charge in [-0.15, -0.1) is 0 Å². The zero-order valence-corrected chi connectivity index (χ0v) is 14.4. The number of rotatable bonds is 6. The average Bonchev–Trinajstić information content (AvgIpc) is 2.89. The molecule has 24 heavy (non-hydrogen) atoms. The van der Waals surface area contributed by atoms with Gasteiger partial charge >= 0.3 is 0 Å². The molecule has 0 amide bonds. The van der Waals surface area contributed by atoms with Crippen LogP contribution >= 0.6 is 0 Å². The summed E-state index contributed by atoms with van der Waals surface area (Å²) in [5, 5.41) is 10.4. The van der Waals surface area contributed by atoms with Gasteiger partial charge < -0.3 is 14.4 Å². The van der Waals surface area contributed by atoms with Crippen LogP contribution in [0.5, 0.6) is 5.75 Å². The second-order valence-electron chi connectivity index (χ2n) is 6.42. The Kier molecular flexibility index (Phi) is 4.86. The molecule has 1 unspecified atom stereocenters. The van der Waals surface area contributed by atoms with Crippen molar-refractivity contribution in [3.8, 4) is 5.75 Å². The number of fused-ring (bicyclic) bond motifs is 1. The van der Waals surface area contributed by atoms with Crippen molar-refractivity contribution in [2.24, 2.45) is 0 Å². The number of hydrogen-bond acceptors (Lipinski definition) is 3. The molecule has 4 heteroatoms. The molecule has 0 saturated heterocycles. The van der Waals surface area contributed by atoms with Gasteiger partial charge in [-0.2, -0.15) is 0 Å². The van der Waals surface area contributed by atoms with Gasteiger partial charge in [0.1, 0.15) is 24.3 Å². The van der Waals surface area contributed by atoms with Crippen LogP contribution in [0.2, 0.25) is 0 Å². The van der Waals surface area contributed by atoms with E-state index in [0.29, 0.717) is 12.5 Å². The van der Waals surface area contributed by atoms with Gasteiger partial charge in [-0.25, -0.2) is 4.98 Å². The van der Waals surface area contributed by atoms with Crippen LogP contribution in [0.1, 0.15) is 31.2 Å². The second kappa shape index (κ2) is 7.05. The molecule has 0 aliphatic rings. The molecule has 3 aromatic rings. The van der Waals surface area contributed by atoms with E-state index in [1.165, 1.54) is 0 Å². The molecule has 0 saturated carbocycles. The summed E-state index contributed by atoms with van der Waals surface area (Å²) >= 11 is 0. The Morgan fingerprint density at radius 2 is 1.79 bits per heavy atom. The van der Waals surface area contributed by atoms with Crippen molar-refractivity contribution in [1.29, 1.82) is 0 Å². The number of aliphatic hydroxyl groups excluding tert-OH is 1. The molecule has 1 aromatic heterocycles. The normalized spacial score (nSPS) is 12.7. The Bertz CT molecular complexity index is 823. The van der Waals surface area contributed by atoms with E-state index in [-0.39, 0.29) is 6.61 Å². The topological polar surface area (TPSA) is 47.3 Å². The lowest BCUT2D eigenvalue weighted by Gasteiger charge is -2.17. The van der Waals surface area contributed by atoms with E-state index in [9.17, 15) is 5.11 Å². The number of aromatic nitrogens is 2. The van der Waals surface area contributed by atoms with Gasteiger partial charge in [0.25, 0.3) is 0 Å². The Morgan fingerprint density at radius 3 is 2.58 bits per heavy atom. The van der Waals surface area contributed by atoms with E-state index in [1.54, 1.807) is 0 Å². The minimum absolute atomic E-state index is 0.260. The molecule has 0 fully saturated rings. The van der Waals surface area contributed by atoms with Crippen LogP contribution in [0.25, 0.3) is 11.0 Å². The highest BCUT2D eigenvalue weighted by Gasteiger charge is 2.14. The third kappa shape index (κ3) is 3.44. The Hall–Kier alpha value is -2.33. The van der Waals surface area contributed by atoms with E-state index < -0.39 is 6.10 Å². The minimum Gasteiger partial charge on any atom is -0.491 e. The summed E-state index contributed by atoms with van der Waals surface area (Å²) in [4.78, 5) is 4.53. The predicted molar refractivity (Wildman–Crippen MR) is 96.5 cm³/mol. The molecule has 1 N–H and O–H groups in total. The highest BCUT2D eigenvalue weighted by molar-refractivity contribution is 5.75. The Balaban J connectivity index is 1.70. The van der Waals surface area contributed by atoms with E-state index in [0.717, 1.165) is 28.2 Å². The number of para-hydroxylation sites is 3. The molecule has 4 nitrogen and oxygen atoms in total. The van der Waals surface area contributed by atoms with Gasteiger partial charge in [-0.1, -0.05) is 44.2 Å². The molecular formula is C20H24N2O2. The Labute approximate surface area is 142 Å². The van der Waals surface area contributed by atoms with Crippen molar-refractivity contribution in [2.45, 2.75) is 39.3 Å². The molecule has 3 rings (SSSR count). The standard InChI is InChI=1S/C20H24N2O2/c1-14(2)17-8-4-7-11-20(17)24-13-16(23)12-22-15(3)21-18-9-5-6-10-19(18)22/h4-11,14,16,23H,12-13H2,1-3H3. The van der Waals surface area contributed by atoms with E-state index in [2.05, 4.69) is 24.9 Å². The summed E-state index contributed by atoms with van der Waals surface area (Å²) in [5.74, 6) is 2.13. The smallest absolute Gasteiger partial charge is 0.122 e. The first kappa shape index (κ1) is 16.5. The van der Waals surface area contributed by atoms with Crippen molar-refractivity contribution in [3.05, 3.63) is 59.9 Å². The zero-order valence-electron chi connectivity index (χ0n) is 14.4. The predicted octanol–water partition coefficient (Wildman–Crippen LogP) is 3.91. The van der Waals surface area contributed by atoms with Crippen molar-refractivity contribution < 1.29 is 9.84 Å². The number of aliphatic hydroxyl groups is 1. The van der Waals surface area contributed by atoms with Gasteiger partial charge in [-0.05, 0) is 36.6 Å². The first-order chi connectivity index (χ1) is 11.6. The Morgan fingerprint density at radius 1 is 1.08 bits per heavy atom. The molecule has 126 valence electrons. The monoisotopic (exact) mass is 324 g/mol. The lowest BCUT2D eigenvalue weighted by Crippen LogP contribution is -2.24. The quantitative estimate of drug-likeness (QED) is 0.748. The number of aryl methyl sites for hydroxylation is 1. The largest absolute Gasteiger partial charge is 0.491 e. The highest BCUT2D eigenvalue weighted by Crippen LogP contribution is 2.26. The maximum Gasteiger partial charge on any atom is 0.122 e. The summed E-state index contributed by atoms with van der Waals surface area (Å²) in [6.45, 7) is 6.97. The maximum absolute atomic E-state index is 10.4. The van der Waals surface area contributed by atoms with Crippen LogP contribution in [0, 0.1) is 6.92 Å². The van der Waals surface area contributed by atoms with Crippen LogP contribution in [-0.4, -0.2) is 27.4 Å². The van der Waals surface area contributed by atoms with Gasteiger partial charge in [0.15, 0.2) is 0 Å².